The van der Waals surface area contributed by atoms with Gasteiger partial charge in [-0.2, -0.15) is 0 Å². The molecule has 0 aromatic carbocycles. The first-order valence-electron chi connectivity index (χ1n) is 5.61. The van der Waals surface area contributed by atoms with Crippen molar-refractivity contribution in [2.24, 2.45) is 0 Å². The highest BCUT2D eigenvalue weighted by Crippen LogP contribution is 2.22. The Morgan fingerprint density at radius 2 is 2.20 bits per heavy atom. The first-order valence-corrected chi connectivity index (χ1v) is 5.61. The third-order valence-electron chi connectivity index (χ3n) is 3.09. The Labute approximate surface area is 88.9 Å². The zero-order chi connectivity index (χ0) is 10.1. The lowest BCUT2D eigenvalue weighted by Gasteiger charge is -2.22. The molecule has 1 saturated heterocycles. The van der Waals surface area contributed by atoms with Gasteiger partial charge in [0.2, 0.25) is 0 Å². The summed E-state index contributed by atoms with van der Waals surface area (Å²) in [6.45, 7) is 1.12. The predicted molar refractivity (Wildman–Crippen MR) is 60.7 cm³/mol. The van der Waals surface area contributed by atoms with Crippen molar-refractivity contribution in [3.8, 4) is 0 Å². The van der Waals surface area contributed by atoms with Crippen molar-refractivity contribution in [1.82, 2.24) is 15.3 Å². The summed E-state index contributed by atoms with van der Waals surface area (Å²) in [4.78, 5) is 7.83. The third kappa shape index (κ3) is 1.63. The number of aromatic nitrogens is 2. The number of hydrogen-bond donors (Lipinski definition) is 2. The van der Waals surface area contributed by atoms with Gasteiger partial charge in [-0.15, -0.1) is 0 Å². The van der Waals surface area contributed by atoms with Crippen molar-refractivity contribution < 1.29 is 0 Å². The standard InChI is InChI=1S/C12H15N3/c1-2-7-13-9(3-1)11-5-4-10-12(15-11)6-8-14-10/h4-6,8-9,13-14H,1-3,7H2. The van der Waals surface area contributed by atoms with Crippen LogP contribution in [-0.2, 0) is 0 Å². The van der Waals surface area contributed by atoms with E-state index in [1.165, 1.54) is 25.0 Å². The van der Waals surface area contributed by atoms with Gasteiger partial charge in [0.25, 0.3) is 0 Å². The Morgan fingerprint density at radius 1 is 1.20 bits per heavy atom. The molecule has 3 rings (SSSR count). The molecular formula is C12H15N3. The summed E-state index contributed by atoms with van der Waals surface area (Å²) in [6.07, 6.45) is 5.76. The summed E-state index contributed by atoms with van der Waals surface area (Å²) in [7, 11) is 0. The van der Waals surface area contributed by atoms with Gasteiger partial charge in [0.15, 0.2) is 0 Å². The van der Waals surface area contributed by atoms with Crippen molar-refractivity contribution in [2.45, 2.75) is 25.3 Å². The van der Waals surface area contributed by atoms with E-state index in [0.29, 0.717) is 6.04 Å². The van der Waals surface area contributed by atoms with Gasteiger partial charge in [0, 0.05) is 12.2 Å². The fraction of sp³-hybridized carbons (Fsp3) is 0.417. The van der Waals surface area contributed by atoms with Crippen LogP contribution in [-0.4, -0.2) is 16.5 Å². The van der Waals surface area contributed by atoms with E-state index in [-0.39, 0.29) is 0 Å². The first-order chi connectivity index (χ1) is 7.43. The monoisotopic (exact) mass is 201 g/mol. The molecule has 1 aliphatic rings. The highest BCUT2D eigenvalue weighted by atomic mass is 14.9. The van der Waals surface area contributed by atoms with Gasteiger partial charge in [-0.25, -0.2) is 4.98 Å². The minimum Gasteiger partial charge on any atom is -0.360 e. The highest BCUT2D eigenvalue weighted by molar-refractivity contribution is 5.74. The lowest BCUT2D eigenvalue weighted by Crippen LogP contribution is -2.27. The number of piperidine rings is 1. The molecule has 2 aromatic rings. The normalized spacial score (nSPS) is 22.0. The maximum atomic E-state index is 4.67. The molecule has 1 unspecified atom stereocenters. The maximum Gasteiger partial charge on any atom is 0.0882 e. The number of rotatable bonds is 1. The molecule has 0 spiro atoms. The molecule has 2 aromatic heterocycles. The Kier molecular flexibility index (Phi) is 2.18. The summed E-state index contributed by atoms with van der Waals surface area (Å²) in [6, 6.07) is 6.73. The van der Waals surface area contributed by atoms with Gasteiger partial charge < -0.3 is 10.3 Å². The minimum atomic E-state index is 0.457. The zero-order valence-electron chi connectivity index (χ0n) is 8.66. The van der Waals surface area contributed by atoms with Crippen LogP contribution < -0.4 is 5.32 Å². The molecule has 3 heteroatoms. The van der Waals surface area contributed by atoms with E-state index in [1.807, 2.05) is 12.3 Å². The quantitative estimate of drug-likeness (QED) is 0.743. The molecule has 1 aliphatic heterocycles. The van der Waals surface area contributed by atoms with Gasteiger partial charge in [-0.1, -0.05) is 6.42 Å². The number of fused-ring (bicyclic) bond motifs is 1. The lowest BCUT2D eigenvalue weighted by molar-refractivity contribution is 0.406. The molecule has 15 heavy (non-hydrogen) atoms. The SMILES string of the molecule is c1cc2nc(C3CCCCN3)ccc2[nH]1. The van der Waals surface area contributed by atoms with Crippen LogP contribution in [0.25, 0.3) is 11.0 Å². The summed E-state index contributed by atoms with van der Waals surface area (Å²) >= 11 is 0. The average Bonchev–Trinajstić information content (AvgIpc) is 2.77. The molecule has 3 heterocycles. The highest BCUT2D eigenvalue weighted by Gasteiger charge is 2.15. The van der Waals surface area contributed by atoms with E-state index in [4.69, 9.17) is 0 Å². The second kappa shape index (κ2) is 3.66. The zero-order valence-corrected chi connectivity index (χ0v) is 8.66. The third-order valence-corrected chi connectivity index (χ3v) is 3.09. The lowest BCUT2D eigenvalue weighted by atomic mass is 10.0. The van der Waals surface area contributed by atoms with Gasteiger partial charge in [0.1, 0.15) is 0 Å². The molecule has 0 bridgehead atoms. The largest absolute Gasteiger partial charge is 0.360 e. The number of nitrogens with one attached hydrogen (secondary N) is 2. The smallest absolute Gasteiger partial charge is 0.0882 e. The van der Waals surface area contributed by atoms with E-state index in [9.17, 15) is 0 Å². The fourth-order valence-electron chi connectivity index (χ4n) is 2.25. The van der Waals surface area contributed by atoms with Crippen LogP contribution in [0.3, 0.4) is 0 Å². The van der Waals surface area contributed by atoms with Crippen molar-refractivity contribution in [3.63, 3.8) is 0 Å². The van der Waals surface area contributed by atoms with Crippen molar-refractivity contribution in [1.29, 1.82) is 0 Å². The fourth-order valence-corrected chi connectivity index (χ4v) is 2.25. The molecule has 3 nitrogen and oxygen atoms in total. The predicted octanol–water partition coefficient (Wildman–Crippen LogP) is 2.38. The minimum absolute atomic E-state index is 0.457. The summed E-state index contributed by atoms with van der Waals surface area (Å²) in [5.74, 6) is 0. The molecular weight excluding hydrogens is 186 g/mol. The molecule has 0 amide bonds. The van der Waals surface area contributed by atoms with Crippen LogP contribution in [0.15, 0.2) is 24.4 Å². The second-order valence-electron chi connectivity index (χ2n) is 4.15. The van der Waals surface area contributed by atoms with Gasteiger partial charge >= 0.3 is 0 Å². The maximum absolute atomic E-state index is 4.67. The Balaban J connectivity index is 1.95. The first kappa shape index (κ1) is 8.92. The van der Waals surface area contributed by atoms with Crippen LogP contribution in [0.1, 0.15) is 31.0 Å². The average molecular weight is 201 g/mol. The van der Waals surface area contributed by atoms with Crippen LogP contribution in [0.5, 0.6) is 0 Å². The van der Waals surface area contributed by atoms with E-state index < -0.39 is 0 Å². The molecule has 78 valence electrons. The molecule has 1 atom stereocenters. The Hall–Kier alpha value is -1.35. The van der Waals surface area contributed by atoms with Crippen molar-refractivity contribution >= 4 is 11.0 Å². The molecule has 1 fully saturated rings. The number of H-pyrrole nitrogens is 1. The van der Waals surface area contributed by atoms with E-state index in [0.717, 1.165) is 17.6 Å². The molecule has 0 aliphatic carbocycles. The number of nitrogens with zero attached hydrogens (tertiary/aromatic N) is 1. The Morgan fingerprint density at radius 3 is 3.07 bits per heavy atom. The summed E-state index contributed by atoms with van der Waals surface area (Å²) in [5, 5.41) is 3.52. The number of aromatic amines is 1. The van der Waals surface area contributed by atoms with Crippen molar-refractivity contribution in [3.05, 3.63) is 30.1 Å². The van der Waals surface area contributed by atoms with E-state index in [2.05, 4.69) is 27.4 Å². The van der Waals surface area contributed by atoms with E-state index >= 15 is 0 Å². The Bertz CT molecular complexity index is 455. The van der Waals surface area contributed by atoms with E-state index in [1.54, 1.807) is 0 Å². The van der Waals surface area contributed by atoms with Gasteiger partial charge in [-0.05, 0) is 37.6 Å². The summed E-state index contributed by atoms with van der Waals surface area (Å²) in [5.41, 5.74) is 3.37. The number of hydrogen-bond acceptors (Lipinski definition) is 2. The van der Waals surface area contributed by atoms with Gasteiger partial charge in [-0.3, -0.25) is 0 Å². The second-order valence-corrected chi connectivity index (χ2v) is 4.15. The van der Waals surface area contributed by atoms with Crippen LogP contribution >= 0.6 is 0 Å². The van der Waals surface area contributed by atoms with Crippen LogP contribution in [0, 0.1) is 0 Å². The molecule has 2 N–H and O–H groups in total. The van der Waals surface area contributed by atoms with Gasteiger partial charge in [0.05, 0.1) is 16.7 Å². The molecule has 0 saturated carbocycles. The molecule has 0 radical (unpaired) electrons. The topological polar surface area (TPSA) is 40.7 Å². The van der Waals surface area contributed by atoms with Crippen LogP contribution in [0.2, 0.25) is 0 Å². The number of pyridine rings is 1. The summed E-state index contributed by atoms with van der Waals surface area (Å²) < 4.78 is 0. The van der Waals surface area contributed by atoms with Crippen LogP contribution in [0.4, 0.5) is 0 Å². The van der Waals surface area contributed by atoms with Crippen molar-refractivity contribution in [2.75, 3.05) is 6.54 Å².